The number of allylic oxidation sites excluding steroid dienone is 1. The van der Waals surface area contributed by atoms with Gasteiger partial charge in [-0.25, -0.2) is 4.79 Å². The molecule has 2 saturated heterocycles. The molecule has 13 heteroatoms. The van der Waals surface area contributed by atoms with E-state index in [0.29, 0.717) is 11.7 Å². The molecule has 0 aromatic heterocycles. The van der Waals surface area contributed by atoms with Crippen molar-refractivity contribution < 1.29 is 39.3 Å². The first-order valence-corrected chi connectivity index (χ1v) is 18.0. The SMILES string of the molecule is [NH3+]C(COP(=O)([O-])O)C(O)/C=C/CCCCCCCCCCCCCNC(=O)CCCCC1SCC2NC(=O)NC21. The summed E-state index contributed by atoms with van der Waals surface area (Å²) in [5.41, 5.74) is 3.64. The van der Waals surface area contributed by atoms with Gasteiger partial charge in [0.25, 0.3) is 7.82 Å². The standard InChI is InChI=1S/C28H53N4O7PS/c29-22(20-39-40(36,37)38)24(33)16-12-10-8-6-4-2-1-3-5-7-9-11-15-19-30-26(34)18-14-13-17-25-27-23(21-41-25)31-28(35)32-27/h12,16,22-25,27,33H,1-11,13-15,17-21,29H2,(H,30,34)(H2,31,32,35)(H2,36,37,38)/b16-12+. The molecule has 6 atom stereocenters. The number of unbranched alkanes of at least 4 members (excludes halogenated alkanes) is 12. The second-order valence-electron chi connectivity index (χ2n) is 11.3. The smallest absolute Gasteiger partial charge is 0.315 e. The van der Waals surface area contributed by atoms with Crippen LogP contribution in [0.15, 0.2) is 12.2 Å². The Hall–Kier alpha value is -1.14. The van der Waals surface area contributed by atoms with Gasteiger partial charge in [-0.15, -0.1) is 0 Å². The Bertz CT molecular complexity index is 831. The van der Waals surface area contributed by atoms with Crippen LogP contribution in [0.25, 0.3) is 0 Å². The van der Waals surface area contributed by atoms with Crippen molar-refractivity contribution in [2.24, 2.45) is 0 Å². The summed E-state index contributed by atoms with van der Waals surface area (Å²) in [4.78, 5) is 42.7. The maximum Gasteiger partial charge on any atom is 0.315 e. The third-order valence-electron chi connectivity index (χ3n) is 7.72. The molecule has 0 aromatic carbocycles. The van der Waals surface area contributed by atoms with Gasteiger partial charge < -0.3 is 41.1 Å². The first kappa shape index (κ1) is 36.1. The number of thioether (sulfide) groups is 1. The van der Waals surface area contributed by atoms with Gasteiger partial charge in [0.15, 0.2) is 0 Å². The van der Waals surface area contributed by atoms with E-state index in [4.69, 9.17) is 4.89 Å². The number of phosphoric ester groups is 1. The van der Waals surface area contributed by atoms with Crippen LogP contribution < -0.4 is 26.6 Å². The number of carbonyl (C=O) groups is 2. The van der Waals surface area contributed by atoms with Crippen molar-refractivity contribution in [2.75, 3.05) is 18.9 Å². The molecule has 0 saturated carbocycles. The fourth-order valence-corrected chi connectivity index (χ4v) is 7.17. The summed E-state index contributed by atoms with van der Waals surface area (Å²) >= 11 is 1.92. The van der Waals surface area contributed by atoms with Crippen LogP contribution in [0.3, 0.4) is 0 Å². The van der Waals surface area contributed by atoms with E-state index in [0.717, 1.165) is 63.7 Å². The van der Waals surface area contributed by atoms with Crippen LogP contribution in [0, 0.1) is 0 Å². The van der Waals surface area contributed by atoms with Gasteiger partial charge in [0.1, 0.15) is 18.8 Å². The Kier molecular flexibility index (Phi) is 18.2. The number of hydrogen-bond donors (Lipinski definition) is 6. The predicted molar refractivity (Wildman–Crippen MR) is 160 cm³/mol. The van der Waals surface area contributed by atoms with Crippen molar-refractivity contribution in [1.29, 1.82) is 0 Å². The van der Waals surface area contributed by atoms with Crippen molar-refractivity contribution in [3.05, 3.63) is 12.2 Å². The highest BCUT2D eigenvalue weighted by Crippen LogP contribution is 2.33. The summed E-state index contributed by atoms with van der Waals surface area (Å²) < 4.78 is 14.8. The van der Waals surface area contributed by atoms with Crippen molar-refractivity contribution in [2.45, 2.75) is 132 Å². The maximum atomic E-state index is 12.1. The Labute approximate surface area is 249 Å². The van der Waals surface area contributed by atoms with Gasteiger partial charge in [-0.1, -0.05) is 76.4 Å². The molecule has 0 spiro atoms. The molecular weight excluding hydrogens is 567 g/mol. The second kappa shape index (κ2) is 20.7. The molecule has 41 heavy (non-hydrogen) atoms. The summed E-state index contributed by atoms with van der Waals surface area (Å²) in [5, 5.41) is 19.4. The highest BCUT2D eigenvalue weighted by Gasteiger charge is 2.42. The number of aliphatic hydroxyl groups is 1. The number of amides is 3. The van der Waals surface area contributed by atoms with Crippen molar-refractivity contribution in [1.82, 2.24) is 16.0 Å². The fourth-order valence-electron chi connectivity index (χ4n) is 5.25. The molecule has 2 aliphatic rings. The molecule has 2 aliphatic heterocycles. The van der Waals surface area contributed by atoms with Gasteiger partial charge in [-0.3, -0.25) is 9.36 Å². The Morgan fingerprint density at radius 3 is 2.37 bits per heavy atom. The summed E-state index contributed by atoms with van der Waals surface area (Å²) in [7, 11) is -4.78. The maximum absolute atomic E-state index is 12.1. The normalized spacial score (nSPS) is 23.1. The first-order valence-electron chi connectivity index (χ1n) is 15.5. The predicted octanol–water partition coefficient (Wildman–Crippen LogP) is 2.51. The molecule has 8 N–H and O–H groups in total. The molecule has 0 bridgehead atoms. The molecule has 2 heterocycles. The minimum Gasteiger partial charge on any atom is -0.756 e. The van der Waals surface area contributed by atoms with Crippen LogP contribution in [0.4, 0.5) is 4.79 Å². The van der Waals surface area contributed by atoms with E-state index in [-0.39, 0.29) is 30.6 Å². The van der Waals surface area contributed by atoms with E-state index in [2.05, 4.69) is 26.2 Å². The molecule has 6 unspecified atom stereocenters. The number of rotatable bonds is 24. The van der Waals surface area contributed by atoms with E-state index in [9.17, 15) is 24.2 Å². The highest BCUT2D eigenvalue weighted by atomic mass is 32.2. The summed E-state index contributed by atoms with van der Waals surface area (Å²) in [6, 6.07) is -0.197. The Morgan fingerprint density at radius 1 is 1.07 bits per heavy atom. The molecule has 3 amide bonds. The number of fused-ring (bicyclic) bond motifs is 1. The van der Waals surface area contributed by atoms with Crippen molar-refractivity contribution >= 4 is 31.5 Å². The van der Waals surface area contributed by atoms with Crippen LogP contribution >= 0.6 is 19.6 Å². The topological polar surface area (TPSA) is 188 Å². The second-order valence-corrected chi connectivity index (χ2v) is 13.8. The molecule has 11 nitrogen and oxygen atoms in total. The lowest BCUT2D eigenvalue weighted by Crippen LogP contribution is -2.68. The lowest BCUT2D eigenvalue weighted by Gasteiger charge is -2.18. The van der Waals surface area contributed by atoms with E-state index in [1.54, 1.807) is 6.08 Å². The number of urea groups is 1. The van der Waals surface area contributed by atoms with Gasteiger partial charge in [-0.2, -0.15) is 11.8 Å². The highest BCUT2D eigenvalue weighted by molar-refractivity contribution is 8.00. The van der Waals surface area contributed by atoms with E-state index < -0.39 is 20.0 Å². The van der Waals surface area contributed by atoms with Gasteiger partial charge in [0.05, 0.1) is 12.1 Å². The summed E-state index contributed by atoms with van der Waals surface area (Å²) in [6.07, 6.45) is 20.1. The van der Waals surface area contributed by atoms with E-state index in [1.807, 2.05) is 17.8 Å². The zero-order valence-electron chi connectivity index (χ0n) is 24.5. The number of phosphoric acid groups is 1. The van der Waals surface area contributed by atoms with Gasteiger partial charge in [0, 0.05) is 24.0 Å². The van der Waals surface area contributed by atoms with Gasteiger partial charge >= 0.3 is 6.03 Å². The summed E-state index contributed by atoms with van der Waals surface area (Å²) in [6.45, 7) is 0.414. The van der Waals surface area contributed by atoms with Gasteiger partial charge in [-0.05, 0) is 32.1 Å². The lowest BCUT2D eigenvalue weighted by molar-refractivity contribution is -0.438. The summed E-state index contributed by atoms with van der Waals surface area (Å²) in [5.74, 6) is 1.13. The average molecular weight is 621 g/mol. The fraction of sp³-hybridized carbons (Fsp3) is 0.857. The van der Waals surface area contributed by atoms with Crippen molar-refractivity contribution in [3.8, 4) is 0 Å². The minimum atomic E-state index is -4.78. The van der Waals surface area contributed by atoms with E-state index in [1.165, 1.54) is 44.9 Å². The largest absolute Gasteiger partial charge is 0.756 e. The van der Waals surface area contributed by atoms with Crippen LogP contribution in [0.1, 0.15) is 103 Å². The Morgan fingerprint density at radius 2 is 1.71 bits per heavy atom. The average Bonchev–Trinajstić information content (AvgIpc) is 3.47. The monoisotopic (exact) mass is 620 g/mol. The number of hydrogen-bond acceptors (Lipinski definition) is 7. The molecule has 238 valence electrons. The number of nitrogens with one attached hydrogen (secondary N) is 3. The van der Waals surface area contributed by atoms with Gasteiger partial charge in [0.2, 0.25) is 5.91 Å². The number of quaternary nitrogens is 1. The number of carbonyl (C=O) groups excluding carboxylic acids is 2. The molecule has 0 aromatic rings. The lowest BCUT2D eigenvalue weighted by atomic mass is 10.0. The zero-order chi connectivity index (χ0) is 29.9. The Balaban J connectivity index is 1.28. The minimum absolute atomic E-state index is 0.0447. The zero-order valence-corrected chi connectivity index (χ0v) is 26.2. The third kappa shape index (κ3) is 16.9. The third-order valence-corrected chi connectivity index (χ3v) is 9.70. The number of aliphatic hydroxyl groups excluding tert-OH is 1. The van der Waals surface area contributed by atoms with Crippen LogP contribution in [0.2, 0.25) is 0 Å². The quantitative estimate of drug-likeness (QED) is 0.0411. The molecule has 2 rings (SSSR count). The van der Waals surface area contributed by atoms with Crippen molar-refractivity contribution in [3.63, 3.8) is 0 Å². The van der Waals surface area contributed by atoms with Crippen LogP contribution in [0.5, 0.6) is 0 Å². The molecule has 0 radical (unpaired) electrons. The van der Waals surface area contributed by atoms with E-state index >= 15 is 0 Å². The molecule has 2 fully saturated rings. The van der Waals surface area contributed by atoms with Crippen LogP contribution in [-0.4, -0.2) is 70.3 Å². The molecular formula is C28H53N4O7PS. The van der Waals surface area contributed by atoms with Crippen LogP contribution in [-0.2, 0) is 13.9 Å². The first-order chi connectivity index (χ1) is 19.7. The molecule has 0 aliphatic carbocycles.